The lowest BCUT2D eigenvalue weighted by Crippen LogP contribution is -2.60. The van der Waals surface area contributed by atoms with Gasteiger partial charge in [0.25, 0.3) is 0 Å². The Balaban J connectivity index is 1.82. The van der Waals surface area contributed by atoms with E-state index in [0.29, 0.717) is 0 Å². The van der Waals surface area contributed by atoms with Crippen molar-refractivity contribution in [1.82, 2.24) is 0 Å². The van der Waals surface area contributed by atoms with Gasteiger partial charge in [0.1, 0.15) is 0 Å². The molecule has 4 fully saturated rings. The van der Waals surface area contributed by atoms with Crippen LogP contribution in [0, 0.1) is 46.8 Å². The Labute approximate surface area is 113 Å². The Morgan fingerprint density at radius 1 is 0.889 bits per heavy atom. The zero-order chi connectivity index (χ0) is 12.5. The third-order valence-electron chi connectivity index (χ3n) is 7.82. The quantitative estimate of drug-likeness (QED) is 0.601. The van der Waals surface area contributed by atoms with Crippen molar-refractivity contribution in [3.63, 3.8) is 0 Å². The normalized spacial score (nSPS) is 58.0. The molecule has 4 aliphatic carbocycles. The number of hydrogen-bond acceptors (Lipinski definition) is 0. The van der Waals surface area contributed by atoms with E-state index in [1.165, 1.54) is 0 Å². The molecule has 0 aromatic carbocycles. The Kier molecular flexibility index (Phi) is 2.47. The van der Waals surface area contributed by atoms with Gasteiger partial charge in [-0.1, -0.05) is 27.2 Å². The van der Waals surface area contributed by atoms with Crippen molar-refractivity contribution in [3.8, 4) is 0 Å². The van der Waals surface area contributed by atoms with E-state index in [-0.39, 0.29) is 0 Å². The van der Waals surface area contributed by atoms with E-state index in [9.17, 15) is 0 Å². The molecule has 0 heteroatoms. The molecule has 0 amide bonds. The minimum absolute atomic E-state index is 0.766. The maximum Gasteiger partial charge on any atom is -0.0210 e. The molecule has 4 saturated carbocycles. The van der Waals surface area contributed by atoms with Gasteiger partial charge in [-0.15, -0.1) is 0 Å². The van der Waals surface area contributed by atoms with Crippen LogP contribution in [-0.2, 0) is 0 Å². The molecule has 0 nitrogen and oxygen atoms in total. The summed E-state index contributed by atoms with van der Waals surface area (Å²) in [6.07, 6.45) is 11.1. The predicted octanol–water partition coefficient (Wildman–Crippen LogP) is 5.13. The summed E-state index contributed by atoms with van der Waals surface area (Å²) >= 11 is 0. The molecule has 0 aromatic rings. The highest BCUT2D eigenvalue weighted by Gasteiger charge is 2.61. The topological polar surface area (TPSA) is 0 Å². The fourth-order valence-corrected chi connectivity index (χ4v) is 7.37. The first-order valence-corrected chi connectivity index (χ1v) is 8.61. The first kappa shape index (κ1) is 11.8. The van der Waals surface area contributed by atoms with Gasteiger partial charge in [-0.3, -0.25) is 0 Å². The van der Waals surface area contributed by atoms with Crippen LogP contribution in [0.4, 0.5) is 0 Å². The number of fused-ring (bicyclic) bond motifs is 2. The zero-order valence-electron chi connectivity index (χ0n) is 12.5. The van der Waals surface area contributed by atoms with Crippen molar-refractivity contribution in [3.05, 3.63) is 0 Å². The van der Waals surface area contributed by atoms with Crippen molar-refractivity contribution in [1.29, 1.82) is 0 Å². The molecular weight excluding hydrogens is 216 g/mol. The highest BCUT2D eigenvalue weighted by Crippen LogP contribution is 2.69. The molecule has 0 aliphatic heterocycles. The molecule has 102 valence electrons. The first-order chi connectivity index (χ1) is 8.61. The third kappa shape index (κ3) is 1.33. The molecule has 0 saturated heterocycles. The molecule has 7 atom stereocenters. The lowest BCUT2D eigenvalue weighted by molar-refractivity contribution is -0.183. The van der Waals surface area contributed by atoms with Gasteiger partial charge in [0.05, 0.1) is 0 Å². The predicted molar refractivity (Wildman–Crippen MR) is 76.2 cm³/mol. The standard InChI is InChI=1S/C18H30/c1-11(2)18-10-14-6-12(3)16(18)8-13-4-5-15(7-14)17(18)9-13/h11-17H,4-10H2,1-3H3. The van der Waals surface area contributed by atoms with Crippen molar-refractivity contribution in [2.75, 3.05) is 0 Å². The lowest BCUT2D eigenvalue weighted by atomic mass is 9.38. The second-order valence-corrected chi connectivity index (χ2v) is 8.67. The van der Waals surface area contributed by atoms with Crippen LogP contribution in [0.1, 0.15) is 65.7 Å². The summed E-state index contributed by atoms with van der Waals surface area (Å²) in [5, 5.41) is 0. The lowest BCUT2D eigenvalue weighted by Gasteiger charge is -2.67. The van der Waals surface area contributed by atoms with Gasteiger partial charge < -0.3 is 0 Å². The molecule has 4 aliphatic rings. The minimum atomic E-state index is 0.766. The van der Waals surface area contributed by atoms with Gasteiger partial charge in [0.15, 0.2) is 0 Å². The van der Waals surface area contributed by atoms with E-state index < -0.39 is 0 Å². The van der Waals surface area contributed by atoms with Crippen LogP contribution in [0.15, 0.2) is 0 Å². The van der Waals surface area contributed by atoms with Gasteiger partial charge >= 0.3 is 0 Å². The van der Waals surface area contributed by atoms with Crippen LogP contribution in [0.3, 0.4) is 0 Å². The Morgan fingerprint density at radius 3 is 2.44 bits per heavy atom. The smallest absolute Gasteiger partial charge is 0.0210 e. The van der Waals surface area contributed by atoms with Gasteiger partial charge in [0.2, 0.25) is 0 Å². The first-order valence-electron chi connectivity index (χ1n) is 8.61. The summed E-state index contributed by atoms with van der Waals surface area (Å²) in [7, 11) is 0. The van der Waals surface area contributed by atoms with E-state index in [2.05, 4.69) is 20.8 Å². The zero-order valence-corrected chi connectivity index (χ0v) is 12.5. The van der Waals surface area contributed by atoms with E-state index in [0.717, 1.165) is 46.8 Å². The molecule has 0 radical (unpaired) electrons. The Bertz CT molecular complexity index is 340. The van der Waals surface area contributed by atoms with Crippen molar-refractivity contribution in [2.24, 2.45) is 46.8 Å². The van der Waals surface area contributed by atoms with Crippen molar-refractivity contribution < 1.29 is 0 Å². The fourth-order valence-electron chi connectivity index (χ4n) is 7.37. The van der Waals surface area contributed by atoms with Gasteiger partial charge in [-0.25, -0.2) is 0 Å². The highest BCUT2D eigenvalue weighted by atomic mass is 14.7. The number of hydrogen-bond donors (Lipinski definition) is 0. The van der Waals surface area contributed by atoms with Crippen LogP contribution in [-0.4, -0.2) is 0 Å². The molecule has 0 heterocycles. The molecule has 4 bridgehead atoms. The summed E-state index contributed by atoms with van der Waals surface area (Å²) in [4.78, 5) is 0. The van der Waals surface area contributed by atoms with E-state index >= 15 is 0 Å². The molecule has 18 heavy (non-hydrogen) atoms. The summed E-state index contributed by atoms with van der Waals surface area (Å²) < 4.78 is 0. The Hall–Kier alpha value is 0. The molecule has 0 spiro atoms. The van der Waals surface area contributed by atoms with Crippen LogP contribution in [0.5, 0.6) is 0 Å². The minimum Gasteiger partial charge on any atom is -0.0622 e. The Morgan fingerprint density at radius 2 is 1.67 bits per heavy atom. The molecule has 7 unspecified atom stereocenters. The van der Waals surface area contributed by atoms with E-state index in [1.807, 2.05) is 0 Å². The fraction of sp³-hybridized carbons (Fsp3) is 1.00. The summed E-state index contributed by atoms with van der Waals surface area (Å²) in [5.41, 5.74) is 0.766. The van der Waals surface area contributed by atoms with Gasteiger partial charge in [-0.2, -0.15) is 0 Å². The van der Waals surface area contributed by atoms with Crippen LogP contribution in [0.25, 0.3) is 0 Å². The van der Waals surface area contributed by atoms with Crippen LogP contribution in [0.2, 0.25) is 0 Å². The monoisotopic (exact) mass is 246 g/mol. The largest absolute Gasteiger partial charge is 0.0622 e. The van der Waals surface area contributed by atoms with Crippen LogP contribution >= 0.6 is 0 Å². The maximum absolute atomic E-state index is 2.59. The molecule has 0 N–H and O–H groups in total. The summed E-state index contributed by atoms with van der Waals surface area (Å²) in [6, 6.07) is 0. The van der Waals surface area contributed by atoms with Gasteiger partial charge in [-0.05, 0) is 85.4 Å². The van der Waals surface area contributed by atoms with E-state index in [1.54, 1.807) is 44.9 Å². The molecular formula is C18H30. The second-order valence-electron chi connectivity index (χ2n) is 8.67. The maximum atomic E-state index is 2.59. The number of rotatable bonds is 1. The summed E-state index contributed by atoms with van der Waals surface area (Å²) in [6.45, 7) is 7.70. The highest BCUT2D eigenvalue weighted by molar-refractivity contribution is 5.10. The van der Waals surface area contributed by atoms with Crippen molar-refractivity contribution >= 4 is 0 Å². The van der Waals surface area contributed by atoms with Gasteiger partial charge in [0, 0.05) is 0 Å². The molecule has 0 aromatic heterocycles. The van der Waals surface area contributed by atoms with Crippen molar-refractivity contribution in [2.45, 2.75) is 65.7 Å². The van der Waals surface area contributed by atoms with Crippen LogP contribution < -0.4 is 0 Å². The average molecular weight is 246 g/mol. The summed E-state index contributed by atoms with van der Waals surface area (Å²) in [5.74, 6) is 7.48. The molecule has 4 rings (SSSR count). The third-order valence-corrected chi connectivity index (χ3v) is 7.82. The average Bonchev–Trinajstić information content (AvgIpc) is 2.36. The SMILES string of the molecule is CC1CC2CC3CCC4CC1C(C(C)C)(C2)C3C4. The van der Waals surface area contributed by atoms with E-state index in [4.69, 9.17) is 0 Å². The second kappa shape index (κ2) is 3.76.